The molecular formula is C12H18O6. The van der Waals surface area contributed by atoms with Crippen molar-refractivity contribution in [3.05, 3.63) is 35.9 Å². The number of aliphatic hydroxyl groups is 6. The quantitative estimate of drug-likeness (QED) is 0.356. The summed E-state index contributed by atoms with van der Waals surface area (Å²) < 4.78 is 0. The Kier molecular flexibility index (Phi) is 5.67. The van der Waals surface area contributed by atoms with E-state index in [0.29, 0.717) is 5.56 Å². The molecule has 0 spiro atoms. The second-order valence-corrected chi connectivity index (χ2v) is 4.08. The third kappa shape index (κ3) is 3.49. The molecule has 0 aromatic heterocycles. The first kappa shape index (κ1) is 15.0. The average Bonchev–Trinajstić information content (AvgIpc) is 2.44. The van der Waals surface area contributed by atoms with Gasteiger partial charge in [-0.3, -0.25) is 0 Å². The Bertz CT molecular complexity index is 344. The van der Waals surface area contributed by atoms with E-state index in [0.717, 1.165) is 0 Å². The van der Waals surface area contributed by atoms with Gasteiger partial charge < -0.3 is 30.6 Å². The maximum absolute atomic E-state index is 9.80. The van der Waals surface area contributed by atoms with Crippen molar-refractivity contribution in [2.75, 3.05) is 6.61 Å². The molecule has 5 atom stereocenters. The van der Waals surface area contributed by atoms with Crippen molar-refractivity contribution in [3.8, 4) is 0 Å². The Morgan fingerprint density at radius 1 is 0.778 bits per heavy atom. The largest absolute Gasteiger partial charge is 0.394 e. The molecular weight excluding hydrogens is 240 g/mol. The predicted octanol–water partition coefficient (Wildman–Crippen LogP) is -1.84. The molecule has 0 aliphatic heterocycles. The zero-order valence-corrected chi connectivity index (χ0v) is 9.66. The first-order chi connectivity index (χ1) is 8.49. The molecule has 6 nitrogen and oxygen atoms in total. The van der Waals surface area contributed by atoms with Crippen molar-refractivity contribution in [1.29, 1.82) is 0 Å². The zero-order valence-electron chi connectivity index (χ0n) is 9.66. The fourth-order valence-electron chi connectivity index (χ4n) is 1.57. The fourth-order valence-corrected chi connectivity index (χ4v) is 1.57. The van der Waals surface area contributed by atoms with Crippen molar-refractivity contribution in [1.82, 2.24) is 0 Å². The van der Waals surface area contributed by atoms with Gasteiger partial charge in [0.2, 0.25) is 0 Å². The number of benzene rings is 1. The highest BCUT2D eigenvalue weighted by molar-refractivity contribution is 5.18. The summed E-state index contributed by atoms with van der Waals surface area (Å²) in [5.74, 6) is 0. The molecule has 6 N–H and O–H groups in total. The number of hydrogen-bond acceptors (Lipinski definition) is 6. The fraction of sp³-hybridized carbons (Fsp3) is 0.500. The lowest BCUT2D eigenvalue weighted by Crippen LogP contribution is -2.47. The second kappa shape index (κ2) is 6.79. The van der Waals surface area contributed by atoms with Crippen LogP contribution in [0.4, 0.5) is 0 Å². The number of rotatable bonds is 6. The van der Waals surface area contributed by atoms with Gasteiger partial charge in [0.15, 0.2) is 0 Å². The van der Waals surface area contributed by atoms with Crippen molar-refractivity contribution >= 4 is 0 Å². The van der Waals surface area contributed by atoms with Gasteiger partial charge in [-0.25, -0.2) is 0 Å². The minimum atomic E-state index is -1.78. The van der Waals surface area contributed by atoms with Crippen LogP contribution < -0.4 is 0 Å². The van der Waals surface area contributed by atoms with Gasteiger partial charge in [0.05, 0.1) is 6.61 Å². The van der Waals surface area contributed by atoms with Gasteiger partial charge in [0, 0.05) is 0 Å². The van der Waals surface area contributed by atoms with Crippen molar-refractivity contribution < 1.29 is 30.6 Å². The number of aliphatic hydroxyl groups excluding tert-OH is 6. The third-order valence-electron chi connectivity index (χ3n) is 2.75. The normalized spacial score (nSPS) is 19.9. The molecule has 0 amide bonds. The topological polar surface area (TPSA) is 121 Å². The van der Waals surface area contributed by atoms with Crippen LogP contribution in [0.3, 0.4) is 0 Å². The Balaban J connectivity index is 2.72. The molecule has 102 valence electrons. The first-order valence-corrected chi connectivity index (χ1v) is 5.55. The van der Waals surface area contributed by atoms with Gasteiger partial charge >= 0.3 is 0 Å². The monoisotopic (exact) mass is 258 g/mol. The molecule has 18 heavy (non-hydrogen) atoms. The van der Waals surface area contributed by atoms with Gasteiger partial charge in [-0.15, -0.1) is 0 Å². The minimum Gasteiger partial charge on any atom is -0.394 e. The summed E-state index contributed by atoms with van der Waals surface area (Å²) in [6.07, 6.45) is -8.19. The van der Waals surface area contributed by atoms with Crippen LogP contribution in [-0.2, 0) is 0 Å². The highest BCUT2D eigenvalue weighted by atomic mass is 16.4. The van der Waals surface area contributed by atoms with Gasteiger partial charge in [0.1, 0.15) is 30.5 Å². The summed E-state index contributed by atoms with van der Waals surface area (Å²) in [7, 11) is 0. The summed E-state index contributed by atoms with van der Waals surface area (Å²) in [6.45, 7) is -0.758. The van der Waals surface area contributed by atoms with E-state index in [1.54, 1.807) is 30.3 Å². The smallest absolute Gasteiger partial charge is 0.113 e. The molecule has 0 bridgehead atoms. The van der Waals surface area contributed by atoms with E-state index in [1.807, 2.05) is 0 Å². The van der Waals surface area contributed by atoms with Crippen molar-refractivity contribution in [2.45, 2.75) is 30.5 Å². The summed E-state index contributed by atoms with van der Waals surface area (Å²) >= 11 is 0. The minimum absolute atomic E-state index is 0.370. The van der Waals surface area contributed by atoms with Crippen LogP contribution in [0.5, 0.6) is 0 Å². The molecule has 0 saturated carbocycles. The van der Waals surface area contributed by atoms with Crippen LogP contribution in [0.15, 0.2) is 30.3 Å². The highest BCUT2D eigenvalue weighted by Crippen LogP contribution is 2.20. The van der Waals surface area contributed by atoms with Crippen LogP contribution in [0.1, 0.15) is 11.7 Å². The molecule has 6 heteroatoms. The van der Waals surface area contributed by atoms with Crippen LogP contribution in [0, 0.1) is 0 Å². The summed E-state index contributed by atoms with van der Waals surface area (Å²) in [5.41, 5.74) is 0.370. The Morgan fingerprint density at radius 2 is 1.33 bits per heavy atom. The lowest BCUT2D eigenvalue weighted by atomic mass is 9.95. The van der Waals surface area contributed by atoms with E-state index in [9.17, 15) is 20.4 Å². The molecule has 0 aliphatic rings. The predicted molar refractivity (Wildman–Crippen MR) is 62.5 cm³/mol. The SMILES string of the molecule is OCC(O)C(O)C(O)C(O)C(O)c1ccccc1. The van der Waals surface area contributed by atoms with Crippen molar-refractivity contribution in [3.63, 3.8) is 0 Å². The van der Waals surface area contributed by atoms with Gasteiger partial charge in [-0.1, -0.05) is 30.3 Å². The summed E-state index contributed by atoms with van der Waals surface area (Å²) in [4.78, 5) is 0. The molecule has 0 heterocycles. The third-order valence-corrected chi connectivity index (χ3v) is 2.75. The molecule has 1 rings (SSSR count). The van der Waals surface area contributed by atoms with E-state index >= 15 is 0 Å². The molecule has 0 aliphatic carbocycles. The molecule has 0 fully saturated rings. The summed E-state index contributed by atoms with van der Waals surface area (Å²) in [5, 5.41) is 56.3. The highest BCUT2D eigenvalue weighted by Gasteiger charge is 2.34. The maximum atomic E-state index is 9.80. The number of hydrogen-bond donors (Lipinski definition) is 6. The van der Waals surface area contributed by atoms with Crippen LogP contribution in [0.25, 0.3) is 0 Å². The van der Waals surface area contributed by atoms with Gasteiger partial charge in [-0.05, 0) is 5.56 Å². The molecule has 1 aromatic carbocycles. The lowest BCUT2D eigenvalue weighted by molar-refractivity contribution is -0.141. The second-order valence-electron chi connectivity index (χ2n) is 4.08. The molecule has 0 radical (unpaired) electrons. The van der Waals surface area contributed by atoms with E-state index in [2.05, 4.69) is 0 Å². The maximum Gasteiger partial charge on any atom is 0.113 e. The van der Waals surface area contributed by atoms with Gasteiger partial charge in [-0.2, -0.15) is 0 Å². The van der Waals surface area contributed by atoms with Crippen LogP contribution in [0.2, 0.25) is 0 Å². The van der Waals surface area contributed by atoms with Crippen LogP contribution in [-0.4, -0.2) is 61.7 Å². The Labute approximate surface area is 104 Å². The standard InChI is InChI=1S/C12H18O6/c13-6-8(14)10(16)12(18)11(17)9(15)7-4-2-1-3-5-7/h1-5,8-18H,6H2. The molecule has 0 saturated heterocycles. The Morgan fingerprint density at radius 3 is 1.83 bits per heavy atom. The van der Waals surface area contributed by atoms with E-state index in [-0.39, 0.29) is 0 Å². The van der Waals surface area contributed by atoms with Crippen LogP contribution >= 0.6 is 0 Å². The van der Waals surface area contributed by atoms with Gasteiger partial charge in [0.25, 0.3) is 0 Å². The van der Waals surface area contributed by atoms with E-state index < -0.39 is 37.1 Å². The van der Waals surface area contributed by atoms with E-state index in [4.69, 9.17) is 10.2 Å². The average molecular weight is 258 g/mol. The van der Waals surface area contributed by atoms with Crippen molar-refractivity contribution in [2.24, 2.45) is 0 Å². The molecule has 1 aromatic rings. The summed E-state index contributed by atoms with van der Waals surface area (Å²) in [6, 6.07) is 8.13. The first-order valence-electron chi connectivity index (χ1n) is 5.55. The lowest BCUT2D eigenvalue weighted by Gasteiger charge is -2.28. The zero-order chi connectivity index (χ0) is 13.7. The molecule has 5 unspecified atom stereocenters. The Hall–Kier alpha value is -1.02. The van der Waals surface area contributed by atoms with E-state index in [1.165, 1.54) is 0 Å².